The fraction of sp³-hybridized carbons (Fsp3) is 0.440. The topological polar surface area (TPSA) is 67.9 Å². The molecule has 31 heavy (non-hydrogen) atoms. The average molecular weight is 423 g/mol. The molecule has 0 saturated heterocycles. The second kappa shape index (κ2) is 9.10. The molecule has 164 valence electrons. The number of nitrogens with zero attached hydrogens (tertiary/aromatic N) is 1. The molecular weight excluding hydrogens is 392 g/mol. The van der Waals surface area contributed by atoms with E-state index in [1.54, 1.807) is 14.2 Å². The Labute approximate surface area is 183 Å². The largest absolute Gasteiger partial charge is 0.497 e. The first-order valence-corrected chi connectivity index (χ1v) is 11.0. The van der Waals surface area contributed by atoms with E-state index < -0.39 is 11.5 Å². The van der Waals surface area contributed by atoms with Gasteiger partial charge in [0.05, 0.1) is 25.2 Å². The minimum absolute atomic E-state index is 0.0000182. The summed E-state index contributed by atoms with van der Waals surface area (Å²) in [6.07, 6.45) is 4.75. The third kappa shape index (κ3) is 3.92. The molecule has 1 spiro atoms. The molecule has 1 atom stereocenters. The highest BCUT2D eigenvalue weighted by atomic mass is 16.5. The van der Waals surface area contributed by atoms with Crippen LogP contribution in [-0.2, 0) is 9.53 Å². The first-order valence-electron chi connectivity index (χ1n) is 11.0. The van der Waals surface area contributed by atoms with Crippen molar-refractivity contribution < 1.29 is 19.1 Å². The smallest absolute Gasteiger partial charge is 0.254 e. The number of carbonyl (C=O) groups excluding carboxylic acids is 2. The number of fused-ring (bicyclic) bond motifs is 1. The molecule has 0 unspecified atom stereocenters. The summed E-state index contributed by atoms with van der Waals surface area (Å²) >= 11 is 0. The lowest BCUT2D eigenvalue weighted by atomic mass is 9.65. The van der Waals surface area contributed by atoms with Crippen molar-refractivity contribution in [3.8, 4) is 5.75 Å². The molecule has 0 radical (unpaired) electrons. The zero-order valence-electron chi connectivity index (χ0n) is 18.2. The number of benzene rings is 2. The molecule has 4 rings (SSSR count). The number of anilines is 1. The fourth-order valence-electron chi connectivity index (χ4n) is 5.27. The van der Waals surface area contributed by atoms with Gasteiger partial charge < -0.3 is 19.7 Å². The second-order valence-corrected chi connectivity index (χ2v) is 8.36. The fourth-order valence-corrected chi connectivity index (χ4v) is 5.27. The van der Waals surface area contributed by atoms with E-state index in [1.165, 1.54) is 0 Å². The monoisotopic (exact) mass is 422 g/mol. The molecule has 2 aliphatic rings. The SMILES string of the molecule is COCCN1C(=O)c2ccccc2[C@H](C(=O)Nc2cccc(OC)c2)C12CCCCC2. The number of ether oxygens (including phenoxy) is 2. The van der Waals surface area contributed by atoms with Crippen LogP contribution in [0.5, 0.6) is 5.75 Å². The average Bonchev–Trinajstić information content (AvgIpc) is 2.80. The maximum atomic E-state index is 13.8. The van der Waals surface area contributed by atoms with Gasteiger partial charge in [-0.2, -0.15) is 0 Å². The summed E-state index contributed by atoms with van der Waals surface area (Å²) in [5.74, 6) is 0.161. The molecule has 2 aromatic carbocycles. The van der Waals surface area contributed by atoms with Gasteiger partial charge in [0.25, 0.3) is 5.91 Å². The standard InChI is InChI=1S/C25H30N2O4/c1-30-16-15-27-24(29)21-12-5-4-11-20(21)22(25(27)13-6-3-7-14-25)23(28)26-18-9-8-10-19(17-18)31-2/h4-5,8-12,17,22H,3,6-7,13-16H2,1-2H3,(H,26,28)/t22-/m1/s1. The van der Waals surface area contributed by atoms with Crippen LogP contribution in [0.25, 0.3) is 0 Å². The van der Waals surface area contributed by atoms with Crippen molar-refractivity contribution in [3.63, 3.8) is 0 Å². The van der Waals surface area contributed by atoms with Gasteiger partial charge in [-0.25, -0.2) is 0 Å². The molecule has 6 nitrogen and oxygen atoms in total. The highest BCUT2D eigenvalue weighted by molar-refractivity contribution is 6.05. The van der Waals surface area contributed by atoms with E-state index in [4.69, 9.17) is 9.47 Å². The lowest BCUT2D eigenvalue weighted by Crippen LogP contribution is -2.62. The van der Waals surface area contributed by atoms with Crippen LogP contribution in [0.1, 0.15) is 53.9 Å². The van der Waals surface area contributed by atoms with E-state index in [1.807, 2.05) is 53.4 Å². The minimum Gasteiger partial charge on any atom is -0.497 e. The molecular formula is C25H30N2O4. The number of nitrogens with one attached hydrogen (secondary N) is 1. The summed E-state index contributed by atoms with van der Waals surface area (Å²) in [6, 6.07) is 14.9. The van der Waals surface area contributed by atoms with Crippen LogP contribution in [0.15, 0.2) is 48.5 Å². The van der Waals surface area contributed by atoms with Gasteiger partial charge >= 0.3 is 0 Å². The van der Waals surface area contributed by atoms with E-state index in [9.17, 15) is 9.59 Å². The summed E-state index contributed by atoms with van der Waals surface area (Å²) in [5, 5.41) is 3.10. The molecule has 1 aliphatic carbocycles. The Balaban J connectivity index is 1.78. The van der Waals surface area contributed by atoms with Crippen LogP contribution in [0.2, 0.25) is 0 Å². The van der Waals surface area contributed by atoms with Gasteiger partial charge in [0.1, 0.15) is 5.75 Å². The highest BCUT2D eigenvalue weighted by Crippen LogP contribution is 2.49. The summed E-state index contributed by atoms with van der Waals surface area (Å²) in [5.41, 5.74) is 1.59. The molecule has 1 N–H and O–H groups in total. The third-order valence-corrected chi connectivity index (χ3v) is 6.66. The van der Waals surface area contributed by atoms with Gasteiger partial charge in [-0.1, -0.05) is 43.5 Å². The van der Waals surface area contributed by atoms with Gasteiger partial charge in [0, 0.05) is 31.0 Å². The van der Waals surface area contributed by atoms with Crippen molar-refractivity contribution in [2.24, 2.45) is 0 Å². The first kappa shape index (κ1) is 21.4. The van der Waals surface area contributed by atoms with E-state index in [0.29, 0.717) is 30.2 Å². The van der Waals surface area contributed by atoms with Crippen LogP contribution >= 0.6 is 0 Å². The molecule has 2 aromatic rings. The highest BCUT2D eigenvalue weighted by Gasteiger charge is 2.54. The summed E-state index contributed by atoms with van der Waals surface area (Å²) < 4.78 is 10.6. The van der Waals surface area contributed by atoms with Crippen LogP contribution in [0.4, 0.5) is 5.69 Å². The van der Waals surface area contributed by atoms with E-state index in [2.05, 4.69) is 5.32 Å². The lowest BCUT2D eigenvalue weighted by molar-refractivity contribution is -0.122. The van der Waals surface area contributed by atoms with Crippen molar-refractivity contribution in [2.45, 2.75) is 43.6 Å². The van der Waals surface area contributed by atoms with Crippen molar-refractivity contribution in [1.29, 1.82) is 0 Å². The zero-order valence-corrected chi connectivity index (χ0v) is 18.2. The Morgan fingerprint density at radius 2 is 1.87 bits per heavy atom. The second-order valence-electron chi connectivity index (χ2n) is 8.36. The molecule has 0 bridgehead atoms. The number of rotatable bonds is 6. The lowest BCUT2D eigenvalue weighted by Gasteiger charge is -2.53. The van der Waals surface area contributed by atoms with Crippen molar-refractivity contribution in [1.82, 2.24) is 4.90 Å². The maximum Gasteiger partial charge on any atom is 0.254 e. The summed E-state index contributed by atoms with van der Waals surface area (Å²) in [4.78, 5) is 29.3. The minimum atomic E-state index is -0.537. The van der Waals surface area contributed by atoms with Crippen molar-refractivity contribution in [3.05, 3.63) is 59.7 Å². The Kier molecular flexibility index (Phi) is 6.28. The predicted molar refractivity (Wildman–Crippen MR) is 120 cm³/mol. The predicted octanol–water partition coefficient (Wildman–Crippen LogP) is 4.22. The normalized spacial score (nSPS) is 19.7. The number of hydrogen-bond donors (Lipinski definition) is 1. The Morgan fingerprint density at radius 3 is 2.61 bits per heavy atom. The van der Waals surface area contributed by atoms with Crippen LogP contribution in [0, 0.1) is 0 Å². The van der Waals surface area contributed by atoms with Gasteiger partial charge in [-0.15, -0.1) is 0 Å². The van der Waals surface area contributed by atoms with Gasteiger partial charge in [-0.3, -0.25) is 9.59 Å². The Bertz CT molecular complexity index is 952. The molecule has 1 fully saturated rings. The maximum absolute atomic E-state index is 13.8. The number of methoxy groups -OCH3 is 2. The van der Waals surface area contributed by atoms with Crippen LogP contribution in [-0.4, -0.2) is 49.6 Å². The van der Waals surface area contributed by atoms with Crippen LogP contribution in [0.3, 0.4) is 0 Å². The van der Waals surface area contributed by atoms with E-state index in [-0.39, 0.29) is 11.8 Å². The summed E-state index contributed by atoms with van der Waals surface area (Å²) in [7, 11) is 3.25. The van der Waals surface area contributed by atoms with Gasteiger partial charge in [-0.05, 0) is 36.6 Å². The van der Waals surface area contributed by atoms with Crippen LogP contribution < -0.4 is 10.1 Å². The number of amides is 2. The number of carbonyl (C=O) groups is 2. The van der Waals surface area contributed by atoms with E-state index in [0.717, 1.165) is 37.7 Å². The Hall–Kier alpha value is -2.86. The van der Waals surface area contributed by atoms with Crippen molar-refractivity contribution >= 4 is 17.5 Å². The van der Waals surface area contributed by atoms with Gasteiger partial charge in [0.15, 0.2) is 0 Å². The van der Waals surface area contributed by atoms with Crippen molar-refractivity contribution in [2.75, 3.05) is 32.7 Å². The molecule has 6 heteroatoms. The Morgan fingerprint density at radius 1 is 1.10 bits per heavy atom. The number of hydrogen-bond acceptors (Lipinski definition) is 4. The quantitative estimate of drug-likeness (QED) is 0.757. The first-order chi connectivity index (χ1) is 15.1. The molecule has 2 amide bonds. The zero-order chi connectivity index (χ0) is 21.8. The summed E-state index contributed by atoms with van der Waals surface area (Å²) in [6.45, 7) is 0.923. The molecule has 1 heterocycles. The molecule has 0 aromatic heterocycles. The van der Waals surface area contributed by atoms with Gasteiger partial charge in [0.2, 0.25) is 5.91 Å². The third-order valence-electron chi connectivity index (χ3n) is 6.66. The van der Waals surface area contributed by atoms with E-state index >= 15 is 0 Å². The molecule has 1 aliphatic heterocycles. The molecule has 1 saturated carbocycles.